The Bertz CT molecular complexity index is 370. The Balaban J connectivity index is 3.32. The van der Waals surface area contributed by atoms with Gasteiger partial charge in [-0.2, -0.15) is 0 Å². The molecule has 0 aromatic carbocycles. The van der Waals surface area contributed by atoms with Gasteiger partial charge in [-0.05, 0) is 34.6 Å². The zero-order valence-electron chi connectivity index (χ0n) is 13.3. The molecule has 116 valence electrons. The summed E-state index contributed by atoms with van der Waals surface area (Å²) in [5.41, 5.74) is -2.18. The van der Waals surface area contributed by atoms with Gasteiger partial charge in [-0.1, -0.05) is 24.3 Å². The second kappa shape index (κ2) is 5.98. The lowest BCUT2D eigenvalue weighted by Gasteiger charge is -2.57. The quantitative estimate of drug-likeness (QED) is 0.659. The number of aliphatic hydroxyl groups is 3. The summed E-state index contributed by atoms with van der Waals surface area (Å²) in [6.07, 6.45) is 8.04. The van der Waals surface area contributed by atoms with E-state index in [-0.39, 0.29) is 19.1 Å². The van der Waals surface area contributed by atoms with E-state index < -0.39 is 16.7 Å². The Labute approximate surface area is 122 Å². The van der Waals surface area contributed by atoms with Crippen LogP contribution in [0.4, 0.5) is 0 Å². The second-order valence-electron chi connectivity index (χ2n) is 6.85. The van der Waals surface area contributed by atoms with E-state index in [0.29, 0.717) is 6.54 Å². The molecular formula is C16H29NO3. The highest BCUT2D eigenvalue weighted by atomic mass is 16.3. The molecular weight excluding hydrogens is 254 g/mol. The van der Waals surface area contributed by atoms with Crippen LogP contribution in [0.3, 0.4) is 0 Å². The van der Waals surface area contributed by atoms with Crippen molar-refractivity contribution in [1.82, 2.24) is 4.90 Å². The predicted octanol–water partition coefficient (Wildman–Crippen LogP) is 1.32. The average Bonchev–Trinajstić information content (AvgIpc) is 2.87. The van der Waals surface area contributed by atoms with Gasteiger partial charge in [0.15, 0.2) is 0 Å². The van der Waals surface area contributed by atoms with E-state index in [4.69, 9.17) is 0 Å². The number of nitrogens with zero attached hydrogens (tertiary/aromatic N) is 1. The number of allylic oxidation sites excluding steroid dienone is 2. The first-order chi connectivity index (χ1) is 9.11. The van der Waals surface area contributed by atoms with Crippen molar-refractivity contribution >= 4 is 0 Å². The lowest BCUT2D eigenvalue weighted by molar-refractivity contribution is -0.142. The molecule has 20 heavy (non-hydrogen) atoms. The molecule has 0 aromatic heterocycles. The molecule has 4 heteroatoms. The van der Waals surface area contributed by atoms with Gasteiger partial charge >= 0.3 is 0 Å². The highest BCUT2D eigenvalue weighted by molar-refractivity contribution is 5.26. The standard InChI is InChI=1S/C16H29NO3/c1-14(2,12-19)17(10-11-18)16(5,15(3,4)20)13-8-6-7-9-13/h6-9,13,18-20H,10-12H2,1-5H3. The monoisotopic (exact) mass is 283 g/mol. The summed E-state index contributed by atoms with van der Waals surface area (Å²) in [6, 6.07) is 0. The largest absolute Gasteiger partial charge is 0.395 e. The van der Waals surface area contributed by atoms with Crippen molar-refractivity contribution in [3.05, 3.63) is 24.3 Å². The molecule has 0 saturated carbocycles. The lowest BCUT2D eigenvalue weighted by atomic mass is 9.71. The summed E-state index contributed by atoms with van der Waals surface area (Å²) in [5, 5.41) is 29.9. The number of aliphatic hydroxyl groups excluding tert-OH is 2. The lowest BCUT2D eigenvalue weighted by Crippen LogP contribution is -2.69. The van der Waals surface area contributed by atoms with Crippen LogP contribution in [0.2, 0.25) is 0 Å². The van der Waals surface area contributed by atoms with Gasteiger partial charge in [-0.25, -0.2) is 0 Å². The molecule has 1 unspecified atom stereocenters. The van der Waals surface area contributed by atoms with Crippen molar-refractivity contribution < 1.29 is 15.3 Å². The van der Waals surface area contributed by atoms with Crippen LogP contribution >= 0.6 is 0 Å². The Kier molecular flexibility index (Phi) is 5.19. The molecule has 3 N–H and O–H groups in total. The maximum atomic E-state index is 10.8. The summed E-state index contributed by atoms with van der Waals surface area (Å²) in [5.74, 6) is 0.0277. The Hall–Kier alpha value is -0.680. The van der Waals surface area contributed by atoms with Gasteiger partial charge in [-0.3, -0.25) is 4.90 Å². The van der Waals surface area contributed by atoms with Gasteiger partial charge in [0, 0.05) is 18.0 Å². The van der Waals surface area contributed by atoms with Crippen LogP contribution in [0.25, 0.3) is 0 Å². The maximum absolute atomic E-state index is 10.8. The van der Waals surface area contributed by atoms with E-state index in [9.17, 15) is 15.3 Å². The van der Waals surface area contributed by atoms with E-state index in [2.05, 4.69) is 12.2 Å². The SMILES string of the molecule is CC(C)(CO)N(CCO)C(C)(C1C=CC=C1)C(C)(C)O. The van der Waals surface area contributed by atoms with Gasteiger partial charge < -0.3 is 15.3 Å². The molecule has 1 rings (SSSR count). The van der Waals surface area contributed by atoms with Crippen LogP contribution in [0.1, 0.15) is 34.6 Å². The fourth-order valence-corrected chi connectivity index (χ4v) is 3.07. The van der Waals surface area contributed by atoms with E-state index in [1.165, 1.54) is 0 Å². The van der Waals surface area contributed by atoms with E-state index in [1.807, 2.05) is 37.8 Å². The third kappa shape index (κ3) is 2.98. The van der Waals surface area contributed by atoms with Crippen LogP contribution in [0.15, 0.2) is 24.3 Å². The van der Waals surface area contributed by atoms with Crippen molar-refractivity contribution in [2.45, 2.75) is 51.3 Å². The Morgan fingerprint density at radius 1 is 1.00 bits per heavy atom. The minimum atomic E-state index is -1.00. The minimum absolute atomic E-state index is 0.0186. The maximum Gasteiger partial charge on any atom is 0.0780 e. The molecule has 0 amide bonds. The van der Waals surface area contributed by atoms with Crippen molar-refractivity contribution in [3.63, 3.8) is 0 Å². The van der Waals surface area contributed by atoms with Crippen molar-refractivity contribution in [2.75, 3.05) is 19.8 Å². The van der Waals surface area contributed by atoms with Gasteiger partial charge in [0.2, 0.25) is 0 Å². The van der Waals surface area contributed by atoms with Gasteiger partial charge in [-0.15, -0.1) is 0 Å². The van der Waals surface area contributed by atoms with E-state index >= 15 is 0 Å². The first kappa shape index (κ1) is 17.4. The van der Waals surface area contributed by atoms with Crippen molar-refractivity contribution in [2.24, 2.45) is 5.92 Å². The molecule has 0 heterocycles. The highest BCUT2D eigenvalue weighted by Gasteiger charge is 2.52. The molecule has 0 saturated heterocycles. The van der Waals surface area contributed by atoms with Gasteiger partial charge in [0.25, 0.3) is 0 Å². The zero-order valence-corrected chi connectivity index (χ0v) is 13.3. The van der Waals surface area contributed by atoms with E-state index in [1.54, 1.807) is 13.8 Å². The summed E-state index contributed by atoms with van der Waals surface area (Å²) in [4.78, 5) is 2.02. The first-order valence-corrected chi connectivity index (χ1v) is 7.18. The fraction of sp³-hybridized carbons (Fsp3) is 0.750. The average molecular weight is 283 g/mol. The van der Waals surface area contributed by atoms with Crippen LogP contribution in [-0.4, -0.2) is 56.7 Å². The van der Waals surface area contributed by atoms with Crippen LogP contribution in [-0.2, 0) is 0 Å². The summed E-state index contributed by atoms with van der Waals surface area (Å²) in [6.45, 7) is 9.74. The molecule has 1 aliphatic carbocycles. The molecule has 0 aliphatic heterocycles. The number of hydrogen-bond donors (Lipinski definition) is 3. The number of rotatable bonds is 7. The van der Waals surface area contributed by atoms with E-state index in [0.717, 1.165) is 0 Å². The smallest absolute Gasteiger partial charge is 0.0780 e. The topological polar surface area (TPSA) is 63.9 Å². The van der Waals surface area contributed by atoms with Crippen LogP contribution in [0.5, 0.6) is 0 Å². The Morgan fingerprint density at radius 3 is 1.85 bits per heavy atom. The molecule has 0 spiro atoms. The second-order valence-corrected chi connectivity index (χ2v) is 6.85. The van der Waals surface area contributed by atoms with Crippen LogP contribution in [0, 0.1) is 5.92 Å². The molecule has 4 nitrogen and oxygen atoms in total. The number of hydrogen-bond acceptors (Lipinski definition) is 4. The zero-order chi connectivity index (χ0) is 15.6. The normalized spacial score (nSPS) is 19.9. The fourth-order valence-electron chi connectivity index (χ4n) is 3.07. The van der Waals surface area contributed by atoms with Crippen molar-refractivity contribution in [1.29, 1.82) is 0 Å². The molecule has 0 fully saturated rings. The third-order valence-electron chi connectivity index (χ3n) is 4.64. The van der Waals surface area contributed by atoms with Gasteiger partial charge in [0.05, 0.1) is 24.4 Å². The summed E-state index contributed by atoms with van der Waals surface area (Å²) < 4.78 is 0. The molecule has 0 radical (unpaired) electrons. The first-order valence-electron chi connectivity index (χ1n) is 7.18. The van der Waals surface area contributed by atoms with Crippen LogP contribution < -0.4 is 0 Å². The molecule has 1 atom stereocenters. The Morgan fingerprint density at radius 2 is 1.50 bits per heavy atom. The minimum Gasteiger partial charge on any atom is -0.395 e. The molecule has 0 aromatic rings. The summed E-state index contributed by atoms with van der Waals surface area (Å²) in [7, 11) is 0. The third-order valence-corrected chi connectivity index (χ3v) is 4.64. The molecule has 0 bridgehead atoms. The van der Waals surface area contributed by atoms with Crippen molar-refractivity contribution in [3.8, 4) is 0 Å². The van der Waals surface area contributed by atoms with Gasteiger partial charge in [0.1, 0.15) is 0 Å². The number of β-amino-alcohol motifs (C(OH)–C–C–N with tert-alkyl or cyclic N) is 1. The molecule has 1 aliphatic rings. The predicted molar refractivity (Wildman–Crippen MR) is 81.4 cm³/mol. The highest BCUT2D eigenvalue weighted by Crippen LogP contribution is 2.42. The summed E-state index contributed by atoms with van der Waals surface area (Å²) >= 11 is 0.